The topological polar surface area (TPSA) is 43.8 Å². The minimum atomic E-state index is 0.715. The summed E-state index contributed by atoms with van der Waals surface area (Å²) in [4.78, 5) is 0. The number of hydrogen-bond acceptors (Lipinski definition) is 2. The molecule has 0 radical (unpaired) electrons. The van der Waals surface area contributed by atoms with Crippen LogP contribution in [-0.2, 0) is 6.54 Å². The van der Waals surface area contributed by atoms with Crippen LogP contribution in [-0.4, -0.2) is 9.78 Å². The molecular formula is C10H15N3. The second-order valence-electron chi connectivity index (χ2n) is 3.59. The van der Waals surface area contributed by atoms with Crippen molar-refractivity contribution in [3.05, 3.63) is 24.4 Å². The van der Waals surface area contributed by atoms with Gasteiger partial charge in [0.2, 0.25) is 0 Å². The van der Waals surface area contributed by atoms with Crippen molar-refractivity contribution in [1.82, 2.24) is 9.78 Å². The number of anilines is 1. The molecule has 70 valence electrons. The molecule has 0 aromatic carbocycles. The van der Waals surface area contributed by atoms with E-state index in [1.807, 2.05) is 10.7 Å². The van der Waals surface area contributed by atoms with Crippen LogP contribution in [0.5, 0.6) is 0 Å². The van der Waals surface area contributed by atoms with Crippen molar-refractivity contribution >= 4 is 5.82 Å². The first kappa shape index (κ1) is 8.35. The van der Waals surface area contributed by atoms with Gasteiger partial charge in [0.05, 0.1) is 6.20 Å². The van der Waals surface area contributed by atoms with Gasteiger partial charge in [0.15, 0.2) is 0 Å². The molecule has 2 N–H and O–H groups in total. The molecule has 3 heteroatoms. The Hall–Kier alpha value is -1.25. The highest BCUT2D eigenvalue weighted by Gasteiger charge is 2.11. The fourth-order valence-electron chi connectivity index (χ4n) is 1.76. The Morgan fingerprint density at radius 2 is 2.46 bits per heavy atom. The second-order valence-corrected chi connectivity index (χ2v) is 3.59. The maximum absolute atomic E-state index is 5.74. The number of nitrogen functional groups attached to an aromatic ring is 1. The molecule has 1 aromatic heterocycles. The zero-order valence-corrected chi connectivity index (χ0v) is 7.69. The molecule has 0 unspecified atom stereocenters. The molecule has 1 aromatic rings. The monoisotopic (exact) mass is 177 g/mol. The summed E-state index contributed by atoms with van der Waals surface area (Å²) in [6.45, 7) is 0.961. The van der Waals surface area contributed by atoms with Gasteiger partial charge in [-0.25, -0.2) is 4.68 Å². The minimum Gasteiger partial charge on any atom is -0.384 e. The van der Waals surface area contributed by atoms with Gasteiger partial charge in [-0.15, -0.1) is 0 Å². The molecule has 1 atom stereocenters. The molecule has 1 aliphatic rings. The lowest BCUT2D eigenvalue weighted by Gasteiger charge is -2.17. The first-order chi connectivity index (χ1) is 6.36. The number of hydrogen-bond donors (Lipinski definition) is 1. The normalized spacial score (nSPS) is 22.0. The maximum Gasteiger partial charge on any atom is 0.121 e. The molecule has 13 heavy (non-hydrogen) atoms. The molecule has 0 saturated carbocycles. The van der Waals surface area contributed by atoms with Gasteiger partial charge >= 0.3 is 0 Å². The summed E-state index contributed by atoms with van der Waals surface area (Å²) < 4.78 is 1.89. The van der Waals surface area contributed by atoms with Crippen LogP contribution in [0.4, 0.5) is 5.82 Å². The van der Waals surface area contributed by atoms with Crippen LogP contribution in [0.2, 0.25) is 0 Å². The lowest BCUT2D eigenvalue weighted by molar-refractivity contribution is 0.392. The average Bonchev–Trinajstić information content (AvgIpc) is 2.54. The van der Waals surface area contributed by atoms with Gasteiger partial charge in [0.25, 0.3) is 0 Å². The summed E-state index contributed by atoms with van der Waals surface area (Å²) in [5.41, 5.74) is 5.74. The largest absolute Gasteiger partial charge is 0.384 e. The van der Waals surface area contributed by atoms with Gasteiger partial charge in [-0.1, -0.05) is 12.2 Å². The van der Waals surface area contributed by atoms with E-state index in [0.717, 1.165) is 12.4 Å². The van der Waals surface area contributed by atoms with E-state index in [2.05, 4.69) is 17.3 Å². The van der Waals surface area contributed by atoms with E-state index in [1.165, 1.54) is 19.3 Å². The first-order valence-electron chi connectivity index (χ1n) is 4.78. The van der Waals surface area contributed by atoms with Gasteiger partial charge in [-0.3, -0.25) is 0 Å². The minimum absolute atomic E-state index is 0.715. The van der Waals surface area contributed by atoms with Crippen molar-refractivity contribution in [3.8, 4) is 0 Å². The Labute approximate surface area is 78.2 Å². The molecule has 0 fully saturated rings. The van der Waals surface area contributed by atoms with Crippen LogP contribution < -0.4 is 5.73 Å². The Kier molecular flexibility index (Phi) is 2.34. The van der Waals surface area contributed by atoms with Crippen LogP contribution >= 0.6 is 0 Å². The highest BCUT2D eigenvalue weighted by atomic mass is 15.3. The molecule has 1 aliphatic carbocycles. The van der Waals surface area contributed by atoms with Crippen molar-refractivity contribution < 1.29 is 0 Å². The number of nitrogens with two attached hydrogens (primary N) is 1. The standard InChI is InChI=1S/C10H15N3/c11-10-6-7-12-13(10)8-9-4-2-1-3-5-9/h1-2,6-7,9H,3-5,8,11H2/t9-/m0/s1. The van der Waals surface area contributed by atoms with Crippen LogP contribution in [0, 0.1) is 5.92 Å². The van der Waals surface area contributed by atoms with Crippen LogP contribution in [0.1, 0.15) is 19.3 Å². The fraction of sp³-hybridized carbons (Fsp3) is 0.500. The molecule has 0 saturated heterocycles. The number of aromatic nitrogens is 2. The van der Waals surface area contributed by atoms with Crippen LogP contribution in [0.15, 0.2) is 24.4 Å². The zero-order valence-electron chi connectivity index (χ0n) is 7.69. The van der Waals surface area contributed by atoms with E-state index in [4.69, 9.17) is 5.73 Å². The third-order valence-corrected chi connectivity index (χ3v) is 2.56. The van der Waals surface area contributed by atoms with Crippen molar-refractivity contribution in [2.75, 3.05) is 5.73 Å². The summed E-state index contributed by atoms with van der Waals surface area (Å²) in [5, 5.41) is 4.18. The summed E-state index contributed by atoms with van der Waals surface area (Å²) in [6, 6.07) is 1.85. The average molecular weight is 177 g/mol. The maximum atomic E-state index is 5.74. The Bertz CT molecular complexity index is 301. The number of allylic oxidation sites excluding steroid dienone is 2. The molecule has 0 bridgehead atoms. The summed E-state index contributed by atoms with van der Waals surface area (Å²) >= 11 is 0. The Morgan fingerprint density at radius 1 is 1.54 bits per heavy atom. The van der Waals surface area contributed by atoms with E-state index in [9.17, 15) is 0 Å². The van der Waals surface area contributed by atoms with Gasteiger partial charge in [-0.2, -0.15) is 5.10 Å². The van der Waals surface area contributed by atoms with Crippen molar-refractivity contribution in [2.45, 2.75) is 25.8 Å². The molecule has 2 rings (SSSR count). The van der Waals surface area contributed by atoms with Crippen LogP contribution in [0.25, 0.3) is 0 Å². The van der Waals surface area contributed by atoms with Crippen LogP contribution in [0.3, 0.4) is 0 Å². The predicted octanol–water partition coefficient (Wildman–Crippen LogP) is 1.82. The van der Waals surface area contributed by atoms with Gasteiger partial charge < -0.3 is 5.73 Å². The Balaban J connectivity index is 1.98. The van der Waals surface area contributed by atoms with E-state index in [-0.39, 0.29) is 0 Å². The van der Waals surface area contributed by atoms with Crippen molar-refractivity contribution in [1.29, 1.82) is 0 Å². The SMILES string of the molecule is Nc1ccnn1C[C@H]1CC=CCC1. The zero-order chi connectivity index (χ0) is 9.10. The molecule has 1 heterocycles. The third kappa shape index (κ3) is 1.91. The predicted molar refractivity (Wildman–Crippen MR) is 53.1 cm³/mol. The van der Waals surface area contributed by atoms with Gasteiger partial charge in [-0.05, 0) is 31.2 Å². The smallest absolute Gasteiger partial charge is 0.121 e. The second kappa shape index (κ2) is 3.64. The highest BCUT2D eigenvalue weighted by molar-refractivity contribution is 5.25. The first-order valence-corrected chi connectivity index (χ1v) is 4.78. The van der Waals surface area contributed by atoms with Crippen molar-refractivity contribution in [3.63, 3.8) is 0 Å². The molecule has 0 spiro atoms. The fourth-order valence-corrected chi connectivity index (χ4v) is 1.76. The summed E-state index contributed by atoms with van der Waals surface area (Å²) in [6.07, 6.45) is 9.89. The Morgan fingerprint density at radius 3 is 3.08 bits per heavy atom. The third-order valence-electron chi connectivity index (χ3n) is 2.56. The van der Waals surface area contributed by atoms with E-state index in [0.29, 0.717) is 5.92 Å². The molecular weight excluding hydrogens is 162 g/mol. The lowest BCUT2D eigenvalue weighted by Crippen LogP contribution is -2.14. The van der Waals surface area contributed by atoms with E-state index < -0.39 is 0 Å². The van der Waals surface area contributed by atoms with Crippen molar-refractivity contribution in [2.24, 2.45) is 5.92 Å². The summed E-state index contributed by atoms with van der Waals surface area (Å²) in [5.74, 6) is 1.49. The quantitative estimate of drug-likeness (QED) is 0.700. The summed E-state index contributed by atoms with van der Waals surface area (Å²) in [7, 11) is 0. The lowest BCUT2D eigenvalue weighted by atomic mass is 9.94. The molecule has 3 nitrogen and oxygen atoms in total. The number of nitrogens with zero attached hydrogens (tertiary/aromatic N) is 2. The van der Waals surface area contributed by atoms with E-state index >= 15 is 0 Å². The van der Waals surface area contributed by atoms with Gasteiger partial charge in [0.1, 0.15) is 5.82 Å². The highest BCUT2D eigenvalue weighted by Crippen LogP contribution is 2.20. The van der Waals surface area contributed by atoms with E-state index in [1.54, 1.807) is 6.20 Å². The molecule has 0 amide bonds. The number of rotatable bonds is 2. The van der Waals surface area contributed by atoms with Gasteiger partial charge in [0, 0.05) is 6.54 Å². The molecule has 0 aliphatic heterocycles.